The van der Waals surface area contributed by atoms with Crippen LogP contribution in [0.5, 0.6) is 0 Å². The largest absolute Gasteiger partial charge is 0.349 e. The van der Waals surface area contributed by atoms with Gasteiger partial charge in [0, 0.05) is 23.2 Å². The van der Waals surface area contributed by atoms with Crippen LogP contribution in [0.25, 0.3) is 0 Å². The van der Waals surface area contributed by atoms with Crippen molar-refractivity contribution in [1.82, 2.24) is 24.8 Å². The van der Waals surface area contributed by atoms with E-state index in [1.807, 2.05) is 40.7 Å². The van der Waals surface area contributed by atoms with Gasteiger partial charge in [-0.15, -0.1) is 5.10 Å². The van der Waals surface area contributed by atoms with Crippen LogP contribution >= 0.6 is 11.5 Å². The van der Waals surface area contributed by atoms with Gasteiger partial charge >= 0.3 is 0 Å². The molecule has 0 saturated heterocycles. The van der Waals surface area contributed by atoms with Gasteiger partial charge in [-0.3, -0.25) is 14.6 Å². The van der Waals surface area contributed by atoms with Crippen LogP contribution in [0.15, 0.2) is 29.8 Å². The number of hydrogen-bond donors (Lipinski definition) is 1. The first-order valence-corrected chi connectivity index (χ1v) is 9.41. The molecule has 0 unspecified atom stereocenters. The number of amides is 2. The Bertz CT molecular complexity index is 728. The summed E-state index contributed by atoms with van der Waals surface area (Å²) in [5, 5.41) is 8.45. The van der Waals surface area contributed by atoms with E-state index in [1.54, 1.807) is 28.6 Å². The molecule has 2 heterocycles. The van der Waals surface area contributed by atoms with Crippen LogP contribution in [-0.2, 0) is 4.79 Å². The average Bonchev–Trinajstić information content (AvgIpc) is 3.12. The molecular formula is C18H25N5O2S. The van der Waals surface area contributed by atoms with Gasteiger partial charge in [-0.05, 0) is 57.8 Å². The Morgan fingerprint density at radius 1 is 1.31 bits per heavy atom. The third-order valence-corrected chi connectivity index (χ3v) is 4.38. The van der Waals surface area contributed by atoms with Crippen molar-refractivity contribution in [3.63, 3.8) is 0 Å². The molecule has 0 radical (unpaired) electrons. The summed E-state index contributed by atoms with van der Waals surface area (Å²) in [6.07, 6.45) is 2.31. The fourth-order valence-electron chi connectivity index (χ4n) is 2.54. The van der Waals surface area contributed by atoms with E-state index in [2.05, 4.69) is 19.9 Å². The summed E-state index contributed by atoms with van der Waals surface area (Å²) < 4.78 is 3.78. The van der Waals surface area contributed by atoms with Crippen LogP contribution in [0.1, 0.15) is 63.3 Å². The molecule has 2 atom stereocenters. The van der Waals surface area contributed by atoms with Crippen molar-refractivity contribution in [3.05, 3.63) is 41.2 Å². The SMILES string of the molecule is CC[C@@H](C)N(C(=O)c1csnn1)[C@H](C(=O)NC(C)(C)C)c1ccccn1. The maximum atomic E-state index is 13.1. The maximum Gasteiger partial charge on any atom is 0.276 e. The zero-order chi connectivity index (χ0) is 19.3. The fraction of sp³-hybridized carbons (Fsp3) is 0.500. The topological polar surface area (TPSA) is 88.1 Å². The molecule has 2 rings (SSSR count). The molecule has 7 nitrogen and oxygen atoms in total. The zero-order valence-corrected chi connectivity index (χ0v) is 16.6. The van der Waals surface area contributed by atoms with Crippen molar-refractivity contribution in [2.75, 3.05) is 0 Å². The summed E-state index contributed by atoms with van der Waals surface area (Å²) in [5.41, 5.74) is 0.321. The van der Waals surface area contributed by atoms with Gasteiger partial charge in [-0.2, -0.15) is 0 Å². The first-order chi connectivity index (χ1) is 12.2. The molecule has 2 amide bonds. The Morgan fingerprint density at radius 3 is 2.54 bits per heavy atom. The summed E-state index contributed by atoms with van der Waals surface area (Å²) in [5.74, 6) is -0.596. The second-order valence-electron chi connectivity index (χ2n) is 7.16. The number of pyridine rings is 1. The normalized spacial score (nSPS) is 13.7. The molecule has 0 fully saturated rings. The lowest BCUT2D eigenvalue weighted by molar-refractivity contribution is -0.128. The van der Waals surface area contributed by atoms with Crippen molar-refractivity contribution >= 4 is 23.3 Å². The smallest absolute Gasteiger partial charge is 0.276 e. The number of rotatable bonds is 6. The highest BCUT2D eigenvalue weighted by Crippen LogP contribution is 2.26. The van der Waals surface area contributed by atoms with Crippen molar-refractivity contribution in [2.45, 2.75) is 58.7 Å². The summed E-state index contributed by atoms with van der Waals surface area (Å²) in [4.78, 5) is 32.1. The Balaban J connectivity index is 2.51. The summed E-state index contributed by atoms with van der Waals surface area (Å²) >= 11 is 1.11. The Labute approximate surface area is 158 Å². The van der Waals surface area contributed by atoms with Crippen molar-refractivity contribution in [2.24, 2.45) is 0 Å². The van der Waals surface area contributed by atoms with E-state index in [0.29, 0.717) is 12.1 Å². The van der Waals surface area contributed by atoms with Crippen LogP contribution in [0.2, 0.25) is 0 Å². The first kappa shape index (κ1) is 20.0. The molecule has 1 N–H and O–H groups in total. The van der Waals surface area contributed by atoms with E-state index in [-0.39, 0.29) is 23.6 Å². The van der Waals surface area contributed by atoms with Gasteiger partial charge in [0.15, 0.2) is 11.7 Å². The maximum absolute atomic E-state index is 13.1. The second-order valence-corrected chi connectivity index (χ2v) is 7.77. The van der Waals surface area contributed by atoms with Gasteiger partial charge in [0.1, 0.15) is 0 Å². The van der Waals surface area contributed by atoms with E-state index < -0.39 is 11.6 Å². The standard InChI is InChI=1S/C18H25N5O2S/c1-6-12(2)23(17(25)14-11-26-22-21-14)15(13-9-7-8-10-19-13)16(24)20-18(3,4)5/h7-12,15H,6H2,1-5H3,(H,20,24)/t12-,15+/m1/s1. The third kappa shape index (κ3) is 4.85. The lowest BCUT2D eigenvalue weighted by Gasteiger charge is -2.36. The van der Waals surface area contributed by atoms with E-state index >= 15 is 0 Å². The van der Waals surface area contributed by atoms with Crippen LogP contribution in [0.4, 0.5) is 0 Å². The van der Waals surface area contributed by atoms with Gasteiger partial charge in [0.05, 0.1) is 5.69 Å². The monoisotopic (exact) mass is 375 g/mol. The Hall–Kier alpha value is -2.35. The number of carbonyl (C=O) groups excluding carboxylic acids is 2. The average molecular weight is 375 g/mol. The van der Waals surface area contributed by atoms with Gasteiger partial charge < -0.3 is 10.2 Å². The summed E-state index contributed by atoms with van der Waals surface area (Å²) in [6.45, 7) is 9.60. The van der Waals surface area contributed by atoms with Crippen molar-refractivity contribution in [1.29, 1.82) is 0 Å². The molecule has 0 aliphatic rings. The minimum absolute atomic E-state index is 0.179. The number of aromatic nitrogens is 3. The molecule has 2 aromatic rings. The first-order valence-electron chi connectivity index (χ1n) is 8.57. The molecule has 0 aromatic carbocycles. The highest BCUT2D eigenvalue weighted by Gasteiger charge is 2.37. The van der Waals surface area contributed by atoms with E-state index in [0.717, 1.165) is 11.5 Å². The zero-order valence-electron chi connectivity index (χ0n) is 15.8. The molecule has 8 heteroatoms. The van der Waals surface area contributed by atoms with E-state index in [4.69, 9.17) is 0 Å². The number of nitrogens with one attached hydrogen (secondary N) is 1. The molecule has 0 aliphatic heterocycles. The number of nitrogens with zero attached hydrogens (tertiary/aromatic N) is 4. The molecule has 0 aliphatic carbocycles. The highest BCUT2D eigenvalue weighted by molar-refractivity contribution is 7.03. The molecule has 26 heavy (non-hydrogen) atoms. The van der Waals surface area contributed by atoms with Gasteiger partial charge in [-0.1, -0.05) is 17.5 Å². The predicted octanol–water partition coefficient (Wildman–Crippen LogP) is 2.83. The number of hydrogen-bond acceptors (Lipinski definition) is 6. The van der Waals surface area contributed by atoms with E-state index in [9.17, 15) is 9.59 Å². The molecular weight excluding hydrogens is 350 g/mol. The fourth-order valence-corrected chi connectivity index (χ4v) is 2.97. The molecule has 2 aromatic heterocycles. The van der Waals surface area contributed by atoms with Crippen molar-refractivity contribution in [3.8, 4) is 0 Å². The predicted molar refractivity (Wildman–Crippen MR) is 101 cm³/mol. The Kier molecular flexibility index (Phi) is 6.42. The lowest BCUT2D eigenvalue weighted by Crippen LogP contribution is -2.51. The molecule has 140 valence electrons. The van der Waals surface area contributed by atoms with Crippen LogP contribution < -0.4 is 5.32 Å². The van der Waals surface area contributed by atoms with Crippen molar-refractivity contribution < 1.29 is 9.59 Å². The summed E-state index contributed by atoms with van der Waals surface area (Å²) in [6, 6.07) is 4.32. The molecule has 0 spiro atoms. The molecule has 0 saturated carbocycles. The quantitative estimate of drug-likeness (QED) is 0.839. The third-order valence-electron chi connectivity index (χ3n) is 3.87. The Morgan fingerprint density at radius 2 is 2.04 bits per heavy atom. The minimum Gasteiger partial charge on any atom is -0.349 e. The lowest BCUT2D eigenvalue weighted by atomic mass is 10.0. The van der Waals surface area contributed by atoms with E-state index in [1.165, 1.54) is 0 Å². The van der Waals surface area contributed by atoms with Crippen LogP contribution in [0.3, 0.4) is 0 Å². The minimum atomic E-state index is -0.848. The second kappa shape index (κ2) is 8.35. The van der Waals surface area contributed by atoms with Crippen LogP contribution in [0, 0.1) is 0 Å². The highest BCUT2D eigenvalue weighted by atomic mass is 32.1. The van der Waals surface area contributed by atoms with Gasteiger partial charge in [0.2, 0.25) is 5.91 Å². The number of carbonyl (C=O) groups is 2. The van der Waals surface area contributed by atoms with Gasteiger partial charge in [0.25, 0.3) is 5.91 Å². The molecule has 0 bridgehead atoms. The van der Waals surface area contributed by atoms with Crippen LogP contribution in [-0.4, -0.2) is 42.9 Å². The summed E-state index contributed by atoms with van der Waals surface area (Å²) in [7, 11) is 0. The van der Waals surface area contributed by atoms with Gasteiger partial charge in [-0.25, -0.2) is 0 Å².